The zero-order valence-electron chi connectivity index (χ0n) is 8.94. The number of rotatable bonds is 3. The monoisotopic (exact) mass is 201 g/mol. The van der Waals surface area contributed by atoms with Gasteiger partial charge in [-0.15, -0.1) is 11.6 Å². The Morgan fingerprint density at radius 2 is 2.23 bits per heavy atom. The lowest BCUT2D eigenvalue weighted by Crippen LogP contribution is -2.26. The predicted molar refractivity (Wildman–Crippen MR) is 59.3 cm³/mol. The summed E-state index contributed by atoms with van der Waals surface area (Å²) in [7, 11) is 0. The second-order valence-corrected chi connectivity index (χ2v) is 4.98. The quantitative estimate of drug-likeness (QED) is 0.502. The number of hydrogen-bond donors (Lipinski definition) is 0. The van der Waals surface area contributed by atoms with Gasteiger partial charge in [-0.3, -0.25) is 4.90 Å². The zero-order chi connectivity index (χ0) is 9.90. The van der Waals surface area contributed by atoms with E-state index in [0.29, 0.717) is 5.41 Å². The predicted octanol–water partition coefficient (Wildman–Crippen LogP) is 2.90. The molecule has 1 unspecified atom stereocenters. The molecule has 0 radical (unpaired) electrons. The normalized spacial score (nSPS) is 29.2. The zero-order valence-corrected chi connectivity index (χ0v) is 9.69. The SMILES string of the molecule is CC(C)=CCN1CCC(C)(CCl)C1. The van der Waals surface area contributed by atoms with E-state index >= 15 is 0 Å². The Bertz CT molecular complexity index is 196. The maximum Gasteiger partial charge on any atom is 0.0290 e. The van der Waals surface area contributed by atoms with Gasteiger partial charge in [-0.1, -0.05) is 18.6 Å². The van der Waals surface area contributed by atoms with Crippen LogP contribution in [-0.4, -0.2) is 30.4 Å². The summed E-state index contributed by atoms with van der Waals surface area (Å²) in [5.74, 6) is 0.790. The highest BCUT2D eigenvalue weighted by molar-refractivity contribution is 6.18. The van der Waals surface area contributed by atoms with Gasteiger partial charge in [0, 0.05) is 19.0 Å². The Morgan fingerprint density at radius 3 is 2.69 bits per heavy atom. The minimum atomic E-state index is 0.358. The second kappa shape index (κ2) is 4.47. The molecular weight excluding hydrogens is 182 g/mol. The molecule has 0 aliphatic carbocycles. The minimum Gasteiger partial charge on any atom is -0.299 e. The fourth-order valence-corrected chi connectivity index (χ4v) is 1.92. The largest absolute Gasteiger partial charge is 0.299 e. The maximum atomic E-state index is 5.93. The molecule has 0 saturated carbocycles. The molecule has 2 heteroatoms. The second-order valence-electron chi connectivity index (χ2n) is 4.71. The van der Waals surface area contributed by atoms with Gasteiger partial charge in [-0.25, -0.2) is 0 Å². The van der Waals surface area contributed by atoms with Crippen molar-refractivity contribution in [1.29, 1.82) is 0 Å². The molecule has 1 aliphatic rings. The first-order valence-electron chi connectivity index (χ1n) is 4.97. The summed E-state index contributed by atoms with van der Waals surface area (Å²) in [6, 6.07) is 0. The number of hydrogen-bond acceptors (Lipinski definition) is 1. The van der Waals surface area contributed by atoms with Gasteiger partial charge in [-0.2, -0.15) is 0 Å². The molecule has 0 aromatic rings. The first kappa shape index (κ1) is 11.1. The molecule has 0 N–H and O–H groups in total. The molecule has 13 heavy (non-hydrogen) atoms. The van der Waals surface area contributed by atoms with Crippen LogP contribution in [-0.2, 0) is 0 Å². The highest BCUT2D eigenvalue weighted by atomic mass is 35.5. The molecule has 1 fully saturated rings. The lowest BCUT2D eigenvalue weighted by molar-refractivity contribution is 0.317. The molecule has 0 aromatic carbocycles. The third-order valence-corrected chi connectivity index (χ3v) is 3.36. The Kier molecular flexibility index (Phi) is 3.81. The molecule has 1 rings (SSSR count). The minimum absolute atomic E-state index is 0.358. The van der Waals surface area contributed by atoms with E-state index in [2.05, 4.69) is 31.7 Å². The van der Waals surface area contributed by atoms with Crippen molar-refractivity contribution in [2.75, 3.05) is 25.5 Å². The van der Waals surface area contributed by atoms with Crippen LogP contribution in [0.4, 0.5) is 0 Å². The summed E-state index contributed by atoms with van der Waals surface area (Å²) >= 11 is 5.93. The lowest BCUT2D eigenvalue weighted by atomic mass is 9.93. The van der Waals surface area contributed by atoms with Crippen LogP contribution in [0, 0.1) is 5.41 Å². The van der Waals surface area contributed by atoms with Crippen LogP contribution in [0.5, 0.6) is 0 Å². The van der Waals surface area contributed by atoms with Crippen LogP contribution in [0.2, 0.25) is 0 Å². The van der Waals surface area contributed by atoms with E-state index in [1.54, 1.807) is 0 Å². The van der Waals surface area contributed by atoms with Crippen molar-refractivity contribution in [3.8, 4) is 0 Å². The molecule has 76 valence electrons. The van der Waals surface area contributed by atoms with Crippen molar-refractivity contribution in [2.24, 2.45) is 5.41 Å². The number of likely N-dealkylation sites (tertiary alicyclic amines) is 1. The topological polar surface area (TPSA) is 3.24 Å². The average molecular weight is 202 g/mol. The number of alkyl halides is 1. The molecule has 0 bridgehead atoms. The van der Waals surface area contributed by atoms with Gasteiger partial charge in [0.2, 0.25) is 0 Å². The summed E-state index contributed by atoms with van der Waals surface area (Å²) in [6.45, 7) is 10.0. The number of nitrogens with zero attached hydrogens (tertiary/aromatic N) is 1. The van der Waals surface area contributed by atoms with Gasteiger partial charge < -0.3 is 0 Å². The van der Waals surface area contributed by atoms with Crippen LogP contribution in [0.1, 0.15) is 27.2 Å². The Balaban J connectivity index is 2.37. The van der Waals surface area contributed by atoms with Crippen molar-refractivity contribution in [3.63, 3.8) is 0 Å². The van der Waals surface area contributed by atoms with E-state index in [9.17, 15) is 0 Å². The van der Waals surface area contributed by atoms with E-state index in [1.807, 2.05) is 0 Å². The third-order valence-electron chi connectivity index (χ3n) is 2.72. The van der Waals surface area contributed by atoms with Gasteiger partial charge in [0.15, 0.2) is 0 Å². The van der Waals surface area contributed by atoms with Gasteiger partial charge in [0.25, 0.3) is 0 Å². The van der Waals surface area contributed by atoms with Crippen LogP contribution in [0.3, 0.4) is 0 Å². The molecule has 1 atom stereocenters. The fraction of sp³-hybridized carbons (Fsp3) is 0.818. The van der Waals surface area contributed by atoms with Crippen LogP contribution in [0.15, 0.2) is 11.6 Å². The van der Waals surface area contributed by atoms with Crippen molar-refractivity contribution in [3.05, 3.63) is 11.6 Å². The Morgan fingerprint density at radius 1 is 1.54 bits per heavy atom. The smallest absolute Gasteiger partial charge is 0.0290 e. The van der Waals surface area contributed by atoms with Crippen molar-refractivity contribution in [1.82, 2.24) is 4.90 Å². The van der Waals surface area contributed by atoms with E-state index in [1.165, 1.54) is 18.5 Å². The highest BCUT2D eigenvalue weighted by Crippen LogP contribution is 2.30. The van der Waals surface area contributed by atoms with Gasteiger partial charge in [-0.05, 0) is 32.2 Å². The van der Waals surface area contributed by atoms with E-state index in [4.69, 9.17) is 11.6 Å². The van der Waals surface area contributed by atoms with Crippen molar-refractivity contribution in [2.45, 2.75) is 27.2 Å². The molecular formula is C11H20ClN. The molecule has 1 nitrogen and oxygen atoms in total. The summed E-state index contributed by atoms with van der Waals surface area (Å²) in [4.78, 5) is 2.48. The van der Waals surface area contributed by atoms with Gasteiger partial charge in [0.1, 0.15) is 0 Å². The van der Waals surface area contributed by atoms with Crippen LogP contribution >= 0.6 is 11.6 Å². The number of halogens is 1. The lowest BCUT2D eigenvalue weighted by Gasteiger charge is -2.20. The van der Waals surface area contributed by atoms with E-state index in [0.717, 1.165) is 19.0 Å². The van der Waals surface area contributed by atoms with E-state index < -0.39 is 0 Å². The molecule has 0 spiro atoms. The Labute approximate surface area is 86.8 Å². The Hall–Kier alpha value is -0.0100. The first-order chi connectivity index (χ1) is 6.06. The summed E-state index contributed by atoms with van der Waals surface area (Å²) < 4.78 is 0. The molecule has 1 heterocycles. The van der Waals surface area contributed by atoms with Gasteiger partial charge >= 0.3 is 0 Å². The summed E-state index contributed by atoms with van der Waals surface area (Å²) in [5, 5.41) is 0. The molecule has 1 aliphatic heterocycles. The van der Waals surface area contributed by atoms with Gasteiger partial charge in [0.05, 0.1) is 0 Å². The van der Waals surface area contributed by atoms with E-state index in [-0.39, 0.29) is 0 Å². The standard InChI is InChI=1S/C11H20ClN/c1-10(2)4-6-13-7-5-11(3,8-12)9-13/h4H,5-9H2,1-3H3. The molecule has 0 aromatic heterocycles. The first-order valence-corrected chi connectivity index (χ1v) is 5.51. The van der Waals surface area contributed by atoms with Crippen LogP contribution in [0.25, 0.3) is 0 Å². The van der Waals surface area contributed by atoms with Crippen molar-refractivity contribution >= 4 is 11.6 Å². The average Bonchev–Trinajstić information content (AvgIpc) is 2.45. The molecule has 0 amide bonds. The molecule has 1 saturated heterocycles. The third kappa shape index (κ3) is 3.32. The summed E-state index contributed by atoms with van der Waals surface area (Å²) in [6.07, 6.45) is 3.53. The fourth-order valence-electron chi connectivity index (χ4n) is 1.70. The maximum absolute atomic E-state index is 5.93. The van der Waals surface area contributed by atoms with Crippen molar-refractivity contribution < 1.29 is 0 Å². The van der Waals surface area contributed by atoms with Crippen LogP contribution < -0.4 is 0 Å². The summed E-state index contributed by atoms with van der Waals surface area (Å²) in [5.41, 5.74) is 1.76. The highest BCUT2D eigenvalue weighted by Gasteiger charge is 2.32. The number of allylic oxidation sites excluding steroid dienone is 1.